The first-order chi connectivity index (χ1) is 9.08. The van der Waals surface area contributed by atoms with Crippen LogP contribution >= 0.6 is 11.6 Å². The Morgan fingerprint density at radius 3 is 2.63 bits per heavy atom. The molecule has 102 valence electrons. The highest BCUT2D eigenvalue weighted by molar-refractivity contribution is 6.31. The molecule has 0 N–H and O–H groups in total. The van der Waals surface area contributed by atoms with Gasteiger partial charge in [0.25, 0.3) is 5.69 Å². The molecular formula is C14H16ClNO3. The fraction of sp³-hybridized carbons (Fsp3) is 0.500. The summed E-state index contributed by atoms with van der Waals surface area (Å²) in [7, 11) is 0. The smallest absolute Gasteiger partial charge is 0.270 e. The van der Waals surface area contributed by atoms with Crippen LogP contribution in [0.1, 0.15) is 37.7 Å². The van der Waals surface area contributed by atoms with E-state index in [1.54, 1.807) is 6.07 Å². The van der Waals surface area contributed by atoms with Crippen molar-refractivity contribution >= 4 is 23.1 Å². The predicted molar refractivity (Wildman–Crippen MR) is 73.4 cm³/mol. The summed E-state index contributed by atoms with van der Waals surface area (Å²) in [5, 5.41) is 11.0. The number of carbonyl (C=O) groups excluding carboxylic acids is 1. The Kier molecular flexibility index (Phi) is 4.53. The van der Waals surface area contributed by atoms with Crippen molar-refractivity contribution in [2.75, 3.05) is 0 Å². The summed E-state index contributed by atoms with van der Waals surface area (Å²) >= 11 is 6.00. The molecule has 0 aliphatic heterocycles. The highest BCUT2D eigenvalue weighted by Crippen LogP contribution is 2.28. The molecule has 19 heavy (non-hydrogen) atoms. The number of benzene rings is 1. The van der Waals surface area contributed by atoms with Crippen molar-refractivity contribution in [3.8, 4) is 0 Å². The number of nitro groups is 1. The summed E-state index contributed by atoms with van der Waals surface area (Å²) in [4.78, 5) is 22.1. The van der Waals surface area contributed by atoms with Gasteiger partial charge in [0.15, 0.2) is 0 Å². The molecule has 1 aromatic carbocycles. The first-order valence-electron chi connectivity index (χ1n) is 6.53. The fourth-order valence-electron chi connectivity index (χ4n) is 2.56. The molecule has 0 amide bonds. The second-order valence-electron chi connectivity index (χ2n) is 4.98. The maximum Gasteiger partial charge on any atom is 0.270 e. The molecule has 1 aliphatic rings. The van der Waals surface area contributed by atoms with Gasteiger partial charge in [-0.25, -0.2) is 0 Å². The van der Waals surface area contributed by atoms with E-state index in [4.69, 9.17) is 11.6 Å². The standard InChI is InChI=1S/C14H16ClNO3/c15-13-9-12(16(18)19)7-5-10(13)6-8-14(17)11-3-1-2-4-11/h5,7,9,11H,1-4,6,8H2. The van der Waals surface area contributed by atoms with E-state index >= 15 is 0 Å². The molecule has 0 heterocycles. The van der Waals surface area contributed by atoms with Gasteiger partial charge in [0.1, 0.15) is 5.78 Å². The topological polar surface area (TPSA) is 60.2 Å². The molecule has 1 aliphatic carbocycles. The second-order valence-corrected chi connectivity index (χ2v) is 5.39. The zero-order valence-electron chi connectivity index (χ0n) is 10.6. The zero-order chi connectivity index (χ0) is 13.8. The van der Waals surface area contributed by atoms with Crippen molar-refractivity contribution in [3.05, 3.63) is 38.9 Å². The molecule has 0 unspecified atom stereocenters. The van der Waals surface area contributed by atoms with Crippen molar-refractivity contribution in [3.63, 3.8) is 0 Å². The molecule has 2 rings (SSSR count). The summed E-state index contributed by atoms with van der Waals surface area (Å²) in [5.74, 6) is 0.517. The Labute approximate surface area is 116 Å². The summed E-state index contributed by atoms with van der Waals surface area (Å²) in [5.41, 5.74) is 0.787. The maximum absolute atomic E-state index is 12.0. The first-order valence-corrected chi connectivity index (χ1v) is 6.91. The number of hydrogen-bond acceptors (Lipinski definition) is 3. The van der Waals surface area contributed by atoms with Gasteiger partial charge in [-0.3, -0.25) is 14.9 Å². The number of non-ortho nitro benzene ring substituents is 1. The van der Waals surface area contributed by atoms with E-state index in [-0.39, 0.29) is 11.6 Å². The third-order valence-corrected chi connectivity index (χ3v) is 4.05. The zero-order valence-corrected chi connectivity index (χ0v) is 11.4. The number of rotatable bonds is 5. The van der Waals surface area contributed by atoms with E-state index in [0.717, 1.165) is 31.2 Å². The van der Waals surface area contributed by atoms with Gasteiger partial charge in [-0.05, 0) is 24.8 Å². The Bertz CT molecular complexity index is 495. The van der Waals surface area contributed by atoms with Crippen LogP contribution in [0.5, 0.6) is 0 Å². The third kappa shape index (κ3) is 3.53. The minimum atomic E-state index is -0.473. The minimum Gasteiger partial charge on any atom is -0.299 e. The highest BCUT2D eigenvalue weighted by Gasteiger charge is 2.22. The normalized spacial score (nSPS) is 15.6. The van der Waals surface area contributed by atoms with Crippen LogP contribution in [0.4, 0.5) is 5.69 Å². The number of nitro benzene ring substituents is 1. The Hall–Kier alpha value is -1.42. The number of ketones is 1. The quantitative estimate of drug-likeness (QED) is 0.607. The molecule has 0 spiro atoms. The molecule has 0 bridgehead atoms. The van der Waals surface area contributed by atoms with E-state index < -0.39 is 4.92 Å². The van der Waals surface area contributed by atoms with Gasteiger partial charge in [-0.15, -0.1) is 0 Å². The SMILES string of the molecule is O=C(CCc1ccc([N+](=O)[O-])cc1Cl)C1CCCC1. The molecule has 0 radical (unpaired) electrons. The average Bonchev–Trinajstić information content (AvgIpc) is 2.90. The summed E-state index contributed by atoms with van der Waals surface area (Å²) < 4.78 is 0. The second kappa shape index (κ2) is 6.15. The lowest BCUT2D eigenvalue weighted by atomic mass is 9.97. The summed E-state index contributed by atoms with van der Waals surface area (Å²) in [6.07, 6.45) is 5.34. The minimum absolute atomic E-state index is 0.0177. The van der Waals surface area contributed by atoms with Gasteiger partial charge in [0, 0.05) is 24.5 Å². The number of aryl methyl sites for hydroxylation is 1. The van der Waals surface area contributed by atoms with E-state index in [0.29, 0.717) is 23.6 Å². The highest BCUT2D eigenvalue weighted by atomic mass is 35.5. The van der Waals surface area contributed by atoms with Gasteiger partial charge in [-0.2, -0.15) is 0 Å². The van der Waals surface area contributed by atoms with Crippen LogP contribution in [0.25, 0.3) is 0 Å². The van der Waals surface area contributed by atoms with Gasteiger partial charge < -0.3 is 0 Å². The maximum atomic E-state index is 12.0. The number of carbonyl (C=O) groups is 1. The van der Waals surface area contributed by atoms with Gasteiger partial charge in [-0.1, -0.05) is 30.5 Å². The molecular weight excluding hydrogens is 266 g/mol. The fourth-order valence-corrected chi connectivity index (χ4v) is 2.83. The lowest BCUT2D eigenvalue weighted by molar-refractivity contribution is -0.384. The average molecular weight is 282 g/mol. The Morgan fingerprint density at radius 2 is 2.05 bits per heavy atom. The number of halogens is 1. The number of hydrogen-bond donors (Lipinski definition) is 0. The van der Waals surface area contributed by atoms with Crippen LogP contribution in [0, 0.1) is 16.0 Å². The van der Waals surface area contributed by atoms with Gasteiger partial charge >= 0.3 is 0 Å². The van der Waals surface area contributed by atoms with Crippen LogP contribution in [0.2, 0.25) is 5.02 Å². The Balaban J connectivity index is 1.95. The molecule has 1 aromatic rings. The molecule has 4 nitrogen and oxygen atoms in total. The lowest BCUT2D eigenvalue weighted by Crippen LogP contribution is -2.11. The van der Waals surface area contributed by atoms with Crippen LogP contribution in [-0.4, -0.2) is 10.7 Å². The number of nitrogens with zero attached hydrogens (tertiary/aromatic N) is 1. The van der Waals surface area contributed by atoms with Crippen molar-refractivity contribution in [1.82, 2.24) is 0 Å². The van der Waals surface area contributed by atoms with Crippen molar-refractivity contribution in [1.29, 1.82) is 0 Å². The van der Waals surface area contributed by atoms with Crippen LogP contribution in [0.15, 0.2) is 18.2 Å². The third-order valence-electron chi connectivity index (χ3n) is 3.70. The van der Waals surface area contributed by atoms with E-state index in [1.165, 1.54) is 12.1 Å². The summed E-state index contributed by atoms with van der Waals surface area (Å²) in [6, 6.07) is 4.42. The molecule has 0 saturated heterocycles. The van der Waals surface area contributed by atoms with Crippen LogP contribution < -0.4 is 0 Å². The van der Waals surface area contributed by atoms with Crippen molar-refractivity contribution in [2.24, 2.45) is 5.92 Å². The van der Waals surface area contributed by atoms with Crippen LogP contribution in [-0.2, 0) is 11.2 Å². The van der Waals surface area contributed by atoms with Gasteiger partial charge in [0.05, 0.1) is 9.95 Å². The van der Waals surface area contributed by atoms with Crippen molar-refractivity contribution < 1.29 is 9.72 Å². The molecule has 0 aromatic heterocycles. The molecule has 1 saturated carbocycles. The largest absolute Gasteiger partial charge is 0.299 e. The van der Waals surface area contributed by atoms with Crippen molar-refractivity contribution in [2.45, 2.75) is 38.5 Å². The van der Waals surface area contributed by atoms with Gasteiger partial charge in [0.2, 0.25) is 0 Å². The molecule has 1 fully saturated rings. The lowest BCUT2D eigenvalue weighted by Gasteiger charge is -2.08. The predicted octanol–water partition coefficient (Wildman–Crippen LogP) is 3.94. The van der Waals surface area contributed by atoms with E-state index in [9.17, 15) is 14.9 Å². The monoisotopic (exact) mass is 281 g/mol. The number of Topliss-reactive ketones (excluding diaryl/α,β-unsaturated/α-hetero) is 1. The Morgan fingerprint density at radius 1 is 1.37 bits per heavy atom. The molecule has 5 heteroatoms. The molecule has 0 atom stereocenters. The summed E-state index contributed by atoms with van der Waals surface area (Å²) in [6.45, 7) is 0. The first kappa shape index (κ1) is 14.0. The van der Waals surface area contributed by atoms with Crippen LogP contribution in [0.3, 0.4) is 0 Å². The van der Waals surface area contributed by atoms with E-state index in [1.807, 2.05) is 0 Å². The van der Waals surface area contributed by atoms with E-state index in [2.05, 4.69) is 0 Å².